The number of hydrogen-bond acceptors (Lipinski definition) is 6. The van der Waals surface area contributed by atoms with Gasteiger partial charge in [-0.15, -0.1) is 0 Å². The van der Waals surface area contributed by atoms with Crippen molar-refractivity contribution >= 4 is 17.5 Å². The molecule has 3 heterocycles. The Kier molecular flexibility index (Phi) is 8.04. The van der Waals surface area contributed by atoms with Crippen LogP contribution in [0.15, 0.2) is 36.5 Å². The summed E-state index contributed by atoms with van der Waals surface area (Å²) < 4.78 is 12.9. The van der Waals surface area contributed by atoms with Gasteiger partial charge in [-0.1, -0.05) is 13.0 Å². The first-order valence-electron chi connectivity index (χ1n) is 10.7. The van der Waals surface area contributed by atoms with Crippen LogP contribution in [-0.2, 0) is 0 Å². The maximum Gasteiger partial charge on any atom is 0.221 e. The number of halogens is 1. The molecule has 6 nitrogen and oxygen atoms in total. The summed E-state index contributed by atoms with van der Waals surface area (Å²) in [5.74, 6) is 1.17. The zero-order chi connectivity index (χ0) is 20.5. The molecule has 0 amide bonds. The Bertz CT molecular complexity index is 748. The van der Waals surface area contributed by atoms with E-state index in [0.717, 1.165) is 50.8 Å². The Morgan fingerprint density at radius 2 is 1.76 bits per heavy atom. The minimum absolute atomic E-state index is 0. The molecule has 2 fully saturated rings. The van der Waals surface area contributed by atoms with Gasteiger partial charge in [0.05, 0.1) is 0 Å². The molecule has 0 atom stereocenters. The zero-order valence-corrected chi connectivity index (χ0v) is 17.4. The second-order valence-electron chi connectivity index (χ2n) is 7.63. The monoisotopic (exact) mass is 402 g/mol. The number of piperidine rings is 1. The summed E-state index contributed by atoms with van der Waals surface area (Å²) in [6, 6.07) is 8.79. The largest absolute Gasteiger partial charge is 0.371 e. The molecule has 2 saturated heterocycles. The van der Waals surface area contributed by atoms with Gasteiger partial charge in [0.25, 0.3) is 0 Å². The molecule has 0 bridgehead atoms. The fraction of sp³-hybridized carbons (Fsp3) is 0.545. The van der Waals surface area contributed by atoms with Gasteiger partial charge < -0.3 is 15.5 Å². The van der Waals surface area contributed by atoms with Crippen LogP contribution in [0.3, 0.4) is 0 Å². The molecule has 0 radical (unpaired) electrons. The molecule has 4 rings (SSSR count). The van der Waals surface area contributed by atoms with Gasteiger partial charge >= 0.3 is 0 Å². The topological polar surface area (TPSA) is 61.5 Å². The molecular formula is C22H35FN6. The molecule has 0 saturated carbocycles. The number of nitrogen functional groups attached to an aromatic ring is 1. The van der Waals surface area contributed by atoms with Crippen molar-refractivity contribution in [1.82, 2.24) is 14.9 Å². The van der Waals surface area contributed by atoms with E-state index in [1.54, 1.807) is 18.3 Å². The molecule has 0 aliphatic carbocycles. The molecule has 7 heteroatoms. The van der Waals surface area contributed by atoms with Crippen LogP contribution in [-0.4, -0.2) is 60.7 Å². The number of hydrogen-bond donors (Lipinski definition) is 1. The van der Waals surface area contributed by atoms with Crippen LogP contribution in [0, 0.1) is 5.82 Å². The SMILES string of the molecule is CCCN1CCN(c2ccnc(N)n2)CC1.Fc1cccc(N2CCCCC2)c1.[HH]. The van der Waals surface area contributed by atoms with Crippen LogP contribution < -0.4 is 15.5 Å². The summed E-state index contributed by atoms with van der Waals surface area (Å²) in [6.07, 6.45) is 6.72. The lowest BCUT2D eigenvalue weighted by Crippen LogP contribution is -2.46. The molecule has 29 heavy (non-hydrogen) atoms. The van der Waals surface area contributed by atoms with E-state index in [9.17, 15) is 4.39 Å². The van der Waals surface area contributed by atoms with E-state index in [4.69, 9.17) is 5.73 Å². The summed E-state index contributed by atoms with van der Waals surface area (Å²) in [5.41, 5.74) is 6.61. The summed E-state index contributed by atoms with van der Waals surface area (Å²) in [4.78, 5) is 15.2. The highest BCUT2D eigenvalue weighted by atomic mass is 19.1. The van der Waals surface area contributed by atoms with Crippen LogP contribution >= 0.6 is 0 Å². The third kappa shape index (κ3) is 6.56. The molecule has 0 spiro atoms. The second kappa shape index (κ2) is 11.0. The molecule has 2 N–H and O–H groups in total. The number of benzene rings is 1. The molecule has 1 aromatic heterocycles. The molecule has 2 aliphatic heterocycles. The molecule has 2 aliphatic rings. The van der Waals surface area contributed by atoms with Crippen molar-refractivity contribution in [2.45, 2.75) is 32.6 Å². The number of anilines is 3. The van der Waals surface area contributed by atoms with Gasteiger partial charge in [-0.05, 0) is 56.5 Å². The van der Waals surface area contributed by atoms with Crippen LogP contribution in [0.25, 0.3) is 0 Å². The molecular weight excluding hydrogens is 367 g/mol. The van der Waals surface area contributed by atoms with Crippen molar-refractivity contribution in [3.63, 3.8) is 0 Å². The number of nitrogens with zero attached hydrogens (tertiary/aromatic N) is 5. The predicted molar refractivity (Wildman–Crippen MR) is 120 cm³/mol. The van der Waals surface area contributed by atoms with Crippen molar-refractivity contribution < 1.29 is 5.82 Å². The number of rotatable bonds is 4. The van der Waals surface area contributed by atoms with Crippen LogP contribution in [0.4, 0.5) is 21.8 Å². The van der Waals surface area contributed by atoms with Gasteiger partial charge in [-0.25, -0.2) is 9.37 Å². The van der Waals surface area contributed by atoms with E-state index >= 15 is 0 Å². The summed E-state index contributed by atoms with van der Waals surface area (Å²) in [7, 11) is 0. The van der Waals surface area contributed by atoms with Crippen molar-refractivity contribution in [3.05, 3.63) is 42.3 Å². The molecule has 1 aromatic carbocycles. The maximum absolute atomic E-state index is 12.9. The van der Waals surface area contributed by atoms with Crippen LogP contribution in [0.5, 0.6) is 0 Å². The lowest BCUT2D eigenvalue weighted by Gasteiger charge is -2.35. The van der Waals surface area contributed by atoms with E-state index in [1.165, 1.54) is 38.3 Å². The lowest BCUT2D eigenvalue weighted by atomic mass is 10.1. The van der Waals surface area contributed by atoms with E-state index < -0.39 is 0 Å². The van der Waals surface area contributed by atoms with Gasteiger partial charge in [0.2, 0.25) is 5.95 Å². The summed E-state index contributed by atoms with van der Waals surface area (Å²) in [5, 5.41) is 0. The highest BCUT2D eigenvalue weighted by molar-refractivity contribution is 5.46. The average molecular weight is 403 g/mol. The van der Waals surface area contributed by atoms with Gasteiger partial charge in [-0.3, -0.25) is 4.90 Å². The van der Waals surface area contributed by atoms with Gasteiger partial charge in [0.15, 0.2) is 0 Å². The first-order valence-corrected chi connectivity index (χ1v) is 10.7. The quantitative estimate of drug-likeness (QED) is 0.842. The van der Waals surface area contributed by atoms with E-state index in [0.29, 0.717) is 5.95 Å². The average Bonchev–Trinajstić information content (AvgIpc) is 2.76. The summed E-state index contributed by atoms with van der Waals surface area (Å²) in [6.45, 7) is 9.83. The first-order chi connectivity index (χ1) is 14.2. The fourth-order valence-corrected chi connectivity index (χ4v) is 3.88. The van der Waals surface area contributed by atoms with Gasteiger partial charge in [-0.2, -0.15) is 4.98 Å². The standard InChI is InChI=1S/C11H14FN.C11H19N5.H2/c12-10-5-4-6-11(9-10)13-7-2-1-3-8-13;1-2-5-15-6-8-16(9-7-15)10-3-4-13-11(12)14-10;/h4-6,9H,1-3,7-8H2;3-4H,2,5-9H2,1H3,(H2,12,13,14);1H. The van der Waals surface area contributed by atoms with E-state index in [1.807, 2.05) is 12.1 Å². The summed E-state index contributed by atoms with van der Waals surface area (Å²) >= 11 is 0. The highest BCUT2D eigenvalue weighted by Crippen LogP contribution is 2.20. The zero-order valence-electron chi connectivity index (χ0n) is 17.4. The van der Waals surface area contributed by atoms with Gasteiger partial charge in [0.1, 0.15) is 11.6 Å². The van der Waals surface area contributed by atoms with Crippen molar-refractivity contribution in [3.8, 4) is 0 Å². The number of nitrogens with two attached hydrogens (primary N) is 1. The Morgan fingerprint density at radius 3 is 2.41 bits per heavy atom. The molecule has 0 unspecified atom stereocenters. The Labute approximate surface area is 175 Å². The lowest BCUT2D eigenvalue weighted by molar-refractivity contribution is 0.258. The fourth-order valence-electron chi connectivity index (χ4n) is 3.88. The first kappa shape index (κ1) is 21.3. The number of aromatic nitrogens is 2. The number of piperazine rings is 1. The van der Waals surface area contributed by atoms with E-state index in [-0.39, 0.29) is 7.24 Å². The minimum atomic E-state index is -0.136. The Hall–Kier alpha value is -2.41. The highest BCUT2D eigenvalue weighted by Gasteiger charge is 2.17. The van der Waals surface area contributed by atoms with Gasteiger partial charge in [0, 0.05) is 52.6 Å². The smallest absolute Gasteiger partial charge is 0.221 e. The normalized spacial score (nSPS) is 17.6. The van der Waals surface area contributed by atoms with Crippen molar-refractivity contribution in [2.75, 3.05) is 61.3 Å². The van der Waals surface area contributed by atoms with Crippen molar-refractivity contribution in [1.29, 1.82) is 0 Å². The van der Waals surface area contributed by atoms with Crippen molar-refractivity contribution in [2.24, 2.45) is 0 Å². The van der Waals surface area contributed by atoms with Crippen LogP contribution in [0.2, 0.25) is 0 Å². The maximum atomic E-state index is 12.9. The predicted octanol–water partition coefficient (Wildman–Crippen LogP) is 3.65. The third-order valence-electron chi connectivity index (χ3n) is 5.43. The minimum Gasteiger partial charge on any atom is -0.371 e. The van der Waals surface area contributed by atoms with E-state index in [2.05, 4.69) is 31.6 Å². The second-order valence-corrected chi connectivity index (χ2v) is 7.63. The van der Waals surface area contributed by atoms with Crippen LogP contribution in [0.1, 0.15) is 34.0 Å². The molecule has 2 aromatic rings. The molecule has 160 valence electrons. The third-order valence-corrected chi connectivity index (χ3v) is 5.43. The Morgan fingerprint density at radius 1 is 1.00 bits per heavy atom. The Balaban J connectivity index is 0.000000211.